The number of carboxylic acid groups (broad SMARTS) is 1. The molecular weight excluding hydrogens is 166 g/mol. The number of hydrogen-bond acceptors (Lipinski definition) is 4. The van der Waals surface area contributed by atoms with Crippen LogP contribution in [0, 0.1) is 0 Å². The maximum atomic E-state index is 10.5. The highest BCUT2D eigenvalue weighted by molar-refractivity contribution is 6.30. The van der Waals surface area contributed by atoms with Crippen LogP contribution >= 0.6 is 0 Å². The molecule has 0 unspecified atom stereocenters. The molecule has 6 nitrogen and oxygen atoms in total. The van der Waals surface area contributed by atoms with Gasteiger partial charge in [-0.05, 0) is 20.8 Å². The predicted molar refractivity (Wildman–Crippen MR) is 37.1 cm³/mol. The van der Waals surface area contributed by atoms with Gasteiger partial charge >= 0.3 is 11.9 Å². The van der Waals surface area contributed by atoms with Crippen LogP contribution in [0.15, 0.2) is 0 Å². The molecule has 0 fully saturated rings. The van der Waals surface area contributed by atoms with E-state index in [1.54, 1.807) is 20.8 Å². The number of carbonyl (C=O) groups excluding carboxylic acids is 1. The van der Waals surface area contributed by atoms with E-state index >= 15 is 0 Å². The highest BCUT2D eigenvalue weighted by Crippen LogP contribution is 2.08. The minimum absolute atomic E-state index is 0.289. The Hall–Kier alpha value is -1.14. The zero-order valence-electron chi connectivity index (χ0n) is 7.07. The summed E-state index contributed by atoms with van der Waals surface area (Å²) in [5, 5.41) is 16.5. The lowest BCUT2D eigenvalue weighted by molar-refractivity contribution is -0.350. The van der Waals surface area contributed by atoms with Crippen molar-refractivity contribution in [2.75, 3.05) is 0 Å². The number of carboxylic acids is 1. The monoisotopic (exact) mass is 177 g/mol. The van der Waals surface area contributed by atoms with Crippen LogP contribution in [0.25, 0.3) is 0 Å². The summed E-state index contributed by atoms with van der Waals surface area (Å²) in [7, 11) is 0. The molecule has 0 aliphatic heterocycles. The van der Waals surface area contributed by atoms with Crippen molar-refractivity contribution in [3.8, 4) is 0 Å². The summed E-state index contributed by atoms with van der Waals surface area (Å²) in [5.41, 5.74) is -0.820. The molecule has 0 aliphatic rings. The number of hydroxylamine groups is 2. The third-order valence-electron chi connectivity index (χ3n) is 0.717. The summed E-state index contributed by atoms with van der Waals surface area (Å²) in [6.45, 7) is 4.68. The summed E-state index contributed by atoms with van der Waals surface area (Å²) in [4.78, 5) is 25.0. The quantitative estimate of drug-likeness (QED) is 0.335. The molecule has 0 aromatic carbocycles. The number of amides is 1. The van der Waals surface area contributed by atoms with Crippen LogP contribution < -0.4 is 0 Å². The van der Waals surface area contributed by atoms with E-state index in [0.717, 1.165) is 0 Å². The third kappa shape index (κ3) is 3.89. The molecule has 0 aromatic rings. The first-order chi connectivity index (χ1) is 5.24. The summed E-state index contributed by atoms with van der Waals surface area (Å²) in [5.74, 6) is -3.30. The Bertz CT molecular complexity index is 195. The maximum absolute atomic E-state index is 10.5. The van der Waals surface area contributed by atoms with Crippen LogP contribution in [0.5, 0.6) is 0 Å². The van der Waals surface area contributed by atoms with E-state index in [1.807, 2.05) is 0 Å². The van der Waals surface area contributed by atoms with Gasteiger partial charge in [0.25, 0.3) is 0 Å². The third-order valence-corrected chi connectivity index (χ3v) is 0.717. The molecule has 0 bridgehead atoms. The molecule has 0 radical (unpaired) electrons. The Kier molecular flexibility index (Phi) is 3.17. The van der Waals surface area contributed by atoms with Gasteiger partial charge in [0.2, 0.25) is 0 Å². The van der Waals surface area contributed by atoms with E-state index in [-0.39, 0.29) is 5.23 Å². The van der Waals surface area contributed by atoms with E-state index in [9.17, 15) is 9.59 Å². The average molecular weight is 177 g/mol. The van der Waals surface area contributed by atoms with Crippen molar-refractivity contribution >= 4 is 11.9 Å². The fourth-order valence-corrected chi connectivity index (χ4v) is 0.383. The molecule has 0 rings (SSSR count). The first-order valence-electron chi connectivity index (χ1n) is 3.19. The topological polar surface area (TPSA) is 87.1 Å². The molecule has 12 heavy (non-hydrogen) atoms. The standard InChI is InChI=1S/C6H11NO5/c1-6(2,3)12-7(11)4(8)5(9)10/h11H,1-3H3,(H,9,10). The van der Waals surface area contributed by atoms with Crippen molar-refractivity contribution in [3.05, 3.63) is 0 Å². The van der Waals surface area contributed by atoms with Crippen molar-refractivity contribution in [1.29, 1.82) is 0 Å². The fraction of sp³-hybridized carbons (Fsp3) is 0.667. The minimum Gasteiger partial charge on any atom is -0.474 e. The van der Waals surface area contributed by atoms with Gasteiger partial charge in [-0.25, -0.2) is 9.63 Å². The van der Waals surface area contributed by atoms with Gasteiger partial charge in [0, 0.05) is 0 Å². The van der Waals surface area contributed by atoms with Crippen LogP contribution in [0.4, 0.5) is 0 Å². The van der Waals surface area contributed by atoms with Gasteiger partial charge in [-0.3, -0.25) is 10.0 Å². The van der Waals surface area contributed by atoms with Gasteiger partial charge in [-0.1, -0.05) is 5.23 Å². The van der Waals surface area contributed by atoms with Gasteiger partial charge in [0.1, 0.15) is 0 Å². The van der Waals surface area contributed by atoms with E-state index in [0.29, 0.717) is 0 Å². The lowest BCUT2D eigenvalue weighted by atomic mass is 10.2. The fourth-order valence-electron chi connectivity index (χ4n) is 0.383. The second-order valence-corrected chi connectivity index (χ2v) is 3.09. The number of nitrogens with zero attached hydrogens (tertiary/aromatic N) is 1. The van der Waals surface area contributed by atoms with Crippen molar-refractivity contribution in [1.82, 2.24) is 5.23 Å². The molecule has 1 amide bonds. The zero-order chi connectivity index (χ0) is 9.94. The second-order valence-electron chi connectivity index (χ2n) is 3.09. The number of hydrogen-bond donors (Lipinski definition) is 2. The van der Waals surface area contributed by atoms with Crippen LogP contribution in [0.2, 0.25) is 0 Å². The van der Waals surface area contributed by atoms with Gasteiger partial charge in [-0.2, -0.15) is 0 Å². The van der Waals surface area contributed by atoms with Crippen LogP contribution in [-0.4, -0.2) is 33.0 Å². The highest BCUT2D eigenvalue weighted by atomic mass is 16.9. The summed E-state index contributed by atoms with van der Waals surface area (Å²) < 4.78 is 0. The normalized spacial score (nSPS) is 11.0. The van der Waals surface area contributed by atoms with E-state index in [2.05, 4.69) is 4.84 Å². The second kappa shape index (κ2) is 3.51. The molecule has 0 aliphatic carbocycles. The molecule has 0 spiro atoms. The number of aliphatic carboxylic acids is 1. The van der Waals surface area contributed by atoms with Crippen LogP contribution in [0.3, 0.4) is 0 Å². The SMILES string of the molecule is CC(C)(C)ON(O)C(=O)C(=O)O. The van der Waals surface area contributed by atoms with E-state index < -0.39 is 17.5 Å². The number of rotatable bonds is 1. The maximum Gasteiger partial charge on any atom is 0.399 e. The molecule has 0 saturated carbocycles. The van der Waals surface area contributed by atoms with E-state index in [4.69, 9.17) is 10.3 Å². The van der Waals surface area contributed by atoms with Gasteiger partial charge < -0.3 is 5.11 Å². The Balaban J connectivity index is 4.14. The molecule has 6 heteroatoms. The van der Waals surface area contributed by atoms with Crippen molar-refractivity contribution in [3.63, 3.8) is 0 Å². The minimum atomic E-state index is -1.78. The zero-order valence-corrected chi connectivity index (χ0v) is 7.07. The first-order valence-corrected chi connectivity index (χ1v) is 3.19. The molecule has 2 N–H and O–H groups in total. The van der Waals surface area contributed by atoms with Crippen LogP contribution in [0.1, 0.15) is 20.8 Å². The Labute approximate surface area is 69.3 Å². The van der Waals surface area contributed by atoms with Crippen molar-refractivity contribution in [2.24, 2.45) is 0 Å². The summed E-state index contributed by atoms with van der Waals surface area (Å²) >= 11 is 0. The van der Waals surface area contributed by atoms with Gasteiger partial charge in [0.05, 0.1) is 5.60 Å². The molecule has 70 valence electrons. The van der Waals surface area contributed by atoms with Gasteiger partial charge in [0.15, 0.2) is 0 Å². The number of carbonyl (C=O) groups is 2. The van der Waals surface area contributed by atoms with Crippen molar-refractivity contribution < 1.29 is 24.7 Å². The molecule has 0 saturated heterocycles. The summed E-state index contributed by atoms with van der Waals surface area (Å²) in [6, 6.07) is 0. The largest absolute Gasteiger partial charge is 0.474 e. The predicted octanol–water partition coefficient (Wildman–Crippen LogP) is 0.0189. The average Bonchev–Trinajstić information content (AvgIpc) is 1.82. The molecule has 0 heterocycles. The van der Waals surface area contributed by atoms with Gasteiger partial charge in [-0.15, -0.1) is 0 Å². The Morgan fingerprint density at radius 1 is 1.33 bits per heavy atom. The Morgan fingerprint density at radius 3 is 2.00 bits per heavy atom. The lowest BCUT2D eigenvalue weighted by Gasteiger charge is -2.22. The lowest BCUT2D eigenvalue weighted by Crippen LogP contribution is -2.39. The molecular formula is C6H11NO5. The molecule has 0 aromatic heterocycles. The highest BCUT2D eigenvalue weighted by Gasteiger charge is 2.25. The Morgan fingerprint density at radius 2 is 1.75 bits per heavy atom. The van der Waals surface area contributed by atoms with Crippen LogP contribution in [-0.2, 0) is 14.4 Å². The summed E-state index contributed by atoms with van der Waals surface area (Å²) in [6.07, 6.45) is 0. The smallest absolute Gasteiger partial charge is 0.399 e. The first kappa shape index (κ1) is 10.9. The molecule has 0 atom stereocenters. The van der Waals surface area contributed by atoms with E-state index in [1.165, 1.54) is 0 Å². The van der Waals surface area contributed by atoms with Crippen molar-refractivity contribution in [2.45, 2.75) is 26.4 Å².